The summed E-state index contributed by atoms with van der Waals surface area (Å²) < 4.78 is 10.8. The Balaban J connectivity index is 3.36. The lowest BCUT2D eigenvalue weighted by Gasteiger charge is -2.21. The quantitative estimate of drug-likeness (QED) is 0.355. The van der Waals surface area contributed by atoms with Crippen molar-refractivity contribution in [3.63, 3.8) is 0 Å². The molecule has 0 saturated heterocycles. The highest BCUT2D eigenvalue weighted by Crippen LogP contribution is 2.35. The highest BCUT2D eigenvalue weighted by Gasteiger charge is 2.23. The summed E-state index contributed by atoms with van der Waals surface area (Å²) >= 11 is 0. The van der Waals surface area contributed by atoms with Gasteiger partial charge >= 0.3 is 0 Å². The maximum Gasteiger partial charge on any atom is 0.283 e. The molecule has 0 saturated carbocycles. The number of carbonyl (C=O) groups is 1. The number of benzene rings is 1. The van der Waals surface area contributed by atoms with Crippen LogP contribution in [0.3, 0.4) is 0 Å². The van der Waals surface area contributed by atoms with Gasteiger partial charge in [-0.3, -0.25) is 14.9 Å². The van der Waals surface area contributed by atoms with Crippen LogP contribution in [0.2, 0.25) is 19.6 Å². The molecule has 0 heterocycles. The largest absolute Gasteiger partial charge is 0.542 e. The third kappa shape index (κ3) is 3.30. The fourth-order valence-electron chi connectivity index (χ4n) is 1.39. The van der Waals surface area contributed by atoms with Gasteiger partial charge in [-0.15, -0.1) is 0 Å². The SMILES string of the molecule is COc1cc(C=O)c([N+](=O)[O-])cc1O[Si](C)(C)C. The van der Waals surface area contributed by atoms with E-state index in [1.165, 1.54) is 19.2 Å². The van der Waals surface area contributed by atoms with Gasteiger partial charge in [0.1, 0.15) is 0 Å². The van der Waals surface area contributed by atoms with Gasteiger partial charge in [0.2, 0.25) is 8.32 Å². The summed E-state index contributed by atoms with van der Waals surface area (Å²) in [5.74, 6) is 0.624. The van der Waals surface area contributed by atoms with E-state index >= 15 is 0 Å². The average Bonchev–Trinajstić information content (AvgIpc) is 2.26. The molecule has 0 radical (unpaired) electrons. The van der Waals surface area contributed by atoms with Gasteiger partial charge in [-0.1, -0.05) is 0 Å². The maximum atomic E-state index is 10.9. The molecule has 0 N–H and O–H groups in total. The minimum Gasteiger partial charge on any atom is -0.542 e. The molecule has 0 spiro atoms. The summed E-state index contributed by atoms with van der Waals surface area (Å²) in [5, 5.41) is 10.9. The average molecular weight is 269 g/mol. The summed E-state index contributed by atoms with van der Waals surface area (Å²) in [7, 11) is -0.498. The lowest BCUT2D eigenvalue weighted by Crippen LogP contribution is -2.29. The number of hydrogen-bond acceptors (Lipinski definition) is 5. The van der Waals surface area contributed by atoms with Crippen LogP contribution in [0.5, 0.6) is 11.5 Å². The number of nitro benzene ring substituents is 1. The van der Waals surface area contributed by atoms with Crippen molar-refractivity contribution in [3.05, 3.63) is 27.8 Å². The van der Waals surface area contributed by atoms with Crippen LogP contribution in [-0.2, 0) is 0 Å². The third-order valence-corrected chi connectivity index (χ3v) is 2.89. The Morgan fingerprint density at radius 2 is 1.89 bits per heavy atom. The molecule has 0 bridgehead atoms. The van der Waals surface area contributed by atoms with E-state index in [2.05, 4.69) is 0 Å². The van der Waals surface area contributed by atoms with Crippen molar-refractivity contribution in [2.45, 2.75) is 19.6 Å². The molecule has 98 valence electrons. The van der Waals surface area contributed by atoms with Gasteiger partial charge in [0.15, 0.2) is 17.8 Å². The zero-order chi connectivity index (χ0) is 13.9. The molecule has 18 heavy (non-hydrogen) atoms. The number of rotatable bonds is 5. The molecule has 1 aromatic rings. The first-order valence-electron chi connectivity index (χ1n) is 5.29. The van der Waals surface area contributed by atoms with Gasteiger partial charge in [0.05, 0.1) is 23.7 Å². The second-order valence-corrected chi connectivity index (χ2v) is 9.08. The van der Waals surface area contributed by atoms with Crippen LogP contribution in [0.25, 0.3) is 0 Å². The number of hydrogen-bond donors (Lipinski definition) is 0. The van der Waals surface area contributed by atoms with Crippen molar-refractivity contribution in [2.75, 3.05) is 7.11 Å². The van der Waals surface area contributed by atoms with Crippen molar-refractivity contribution >= 4 is 20.3 Å². The van der Waals surface area contributed by atoms with E-state index in [4.69, 9.17) is 9.16 Å². The van der Waals surface area contributed by atoms with Gasteiger partial charge in [-0.2, -0.15) is 0 Å². The molecule has 0 aliphatic rings. The first kappa shape index (κ1) is 14.2. The molecule has 0 aliphatic heterocycles. The monoisotopic (exact) mass is 269 g/mol. The van der Waals surface area contributed by atoms with Gasteiger partial charge in [-0.25, -0.2) is 0 Å². The van der Waals surface area contributed by atoms with E-state index in [-0.39, 0.29) is 11.3 Å². The number of nitro groups is 1. The zero-order valence-electron chi connectivity index (χ0n) is 10.7. The van der Waals surface area contributed by atoms with Crippen molar-refractivity contribution < 1.29 is 18.9 Å². The van der Waals surface area contributed by atoms with Gasteiger partial charge in [-0.05, 0) is 19.6 Å². The predicted molar refractivity (Wildman–Crippen MR) is 69.0 cm³/mol. The van der Waals surface area contributed by atoms with Crippen molar-refractivity contribution in [3.8, 4) is 11.5 Å². The molecule has 0 fully saturated rings. The summed E-state index contributed by atoms with van der Waals surface area (Å²) in [6.07, 6.45) is 0.430. The fraction of sp³-hybridized carbons (Fsp3) is 0.364. The molecular formula is C11H15NO5Si. The number of carbonyl (C=O) groups excluding carboxylic acids is 1. The second-order valence-electron chi connectivity index (χ2n) is 4.65. The number of ether oxygens (including phenoxy) is 1. The van der Waals surface area contributed by atoms with E-state index in [1.807, 2.05) is 19.6 Å². The summed E-state index contributed by atoms with van der Waals surface area (Å²) in [4.78, 5) is 21.1. The minimum atomic E-state index is -1.92. The Bertz CT molecular complexity index is 481. The third-order valence-electron chi connectivity index (χ3n) is 2.05. The fourth-order valence-corrected chi connectivity index (χ4v) is 2.21. The second kappa shape index (κ2) is 5.17. The molecule has 7 heteroatoms. The molecular weight excluding hydrogens is 254 g/mol. The van der Waals surface area contributed by atoms with E-state index in [0.29, 0.717) is 17.8 Å². The molecule has 0 atom stereocenters. The highest BCUT2D eigenvalue weighted by atomic mass is 28.4. The number of nitrogens with zero attached hydrogens (tertiary/aromatic N) is 1. The van der Waals surface area contributed by atoms with Crippen molar-refractivity contribution in [1.29, 1.82) is 0 Å². The molecule has 0 aliphatic carbocycles. The van der Waals surface area contributed by atoms with Crippen LogP contribution in [0.1, 0.15) is 10.4 Å². The van der Waals surface area contributed by atoms with Crippen LogP contribution in [-0.4, -0.2) is 26.6 Å². The van der Waals surface area contributed by atoms with Gasteiger partial charge < -0.3 is 9.16 Å². The van der Waals surface area contributed by atoms with E-state index in [1.54, 1.807) is 0 Å². The smallest absolute Gasteiger partial charge is 0.283 e. The van der Waals surface area contributed by atoms with Gasteiger partial charge in [0.25, 0.3) is 5.69 Å². The molecule has 0 aromatic heterocycles. The topological polar surface area (TPSA) is 78.7 Å². The molecule has 6 nitrogen and oxygen atoms in total. The maximum absolute atomic E-state index is 10.9. The Labute approximate surface area is 106 Å². The number of aldehydes is 1. The van der Waals surface area contributed by atoms with Crippen LogP contribution in [0.15, 0.2) is 12.1 Å². The zero-order valence-corrected chi connectivity index (χ0v) is 11.7. The molecule has 1 aromatic carbocycles. The van der Waals surface area contributed by atoms with Gasteiger partial charge in [0, 0.05) is 6.07 Å². The van der Waals surface area contributed by atoms with Crippen LogP contribution < -0.4 is 9.16 Å². The summed E-state index contributed by atoms with van der Waals surface area (Å²) in [5.41, 5.74) is -0.307. The molecule has 0 amide bonds. The van der Waals surface area contributed by atoms with Crippen LogP contribution in [0, 0.1) is 10.1 Å². The summed E-state index contributed by atoms with van der Waals surface area (Å²) in [6, 6.07) is 2.56. The van der Waals surface area contributed by atoms with E-state index in [0.717, 1.165) is 0 Å². The predicted octanol–water partition coefficient (Wildman–Crippen LogP) is 2.63. The highest BCUT2D eigenvalue weighted by molar-refractivity contribution is 6.70. The van der Waals surface area contributed by atoms with E-state index in [9.17, 15) is 14.9 Å². The Hall–Kier alpha value is -1.89. The minimum absolute atomic E-state index is 0.0280. The lowest BCUT2D eigenvalue weighted by atomic mass is 10.2. The Morgan fingerprint density at radius 1 is 1.28 bits per heavy atom. The van der Waals surface area contributed by atoms with Crippen molar-refractivity contribution in [1.82, 2.24) is 0 Å². The Morgan fingerprint density at radius 3 is 2.28 bits per heavy atom. The first-order chi connectivity index (χ1) is 8.28. The molecule has 0 unspecified atom stereocenters. The standard InChI is InChI=1S/C11H15NO5Si/c1-16-10-5-8(7-13)9(12(14)15)6-11(10)17-18(2,3)4/h5-7H,1-4H3. The van der Waals surface area contributed by atoms with Crippen molar-refractivity contribution in [2.24, 2.45) is 0 Å². The molecule has 1 rings (SSSR count). The van der Waals surface area contributed by atoms with Crippen LogP contribution in [0.4, 0.5) is 5.69 Å². The normalized spacial score (nSPS) is 10.9. The lowest BCUT2D eigenvalue weighted by molar-refractivity contribution is -0.385. The number of methoxy groups -OCH3 is 1. The summed E-state index contributed by atoms with van der Waals surface area (Å²) in [6.45, 7) is 5.85. The first-order valence-corrected chi connectivity index (χ1v) is 8.70. The van der Waals surface area contributed by atoms with E-state index < -0.39 is 13.2 Å². The van der Waals surface area contributed by atoms with Crippen LogP contribution >= 0.6 is 0 Å². The Kier molecular flexibility index (Phi) is 4.07.